The second-order valence-corrected chi connectivity index (χ2v) is 7.96. The highest BCUT2D eigenvalue weighted by Gasteiger charge is 2.23. The molecule has 160 valence electrons. The molecule has 0 aliphatic carbocycles. The van der Waals surface area contributed by atoms with Gasteiger partial charge in [0.25, 0.3) is 5.91 Å². The van der Waals surface area contributed by atoms with Crippen LogP contribution in [-0.2, 0) is 4.74 Å². The first-order chi connectivity index (χ1) is 14.2. The quantitative estimate of drug-likeness (QED) is 0.543. The Hall–Kier alpha value is -2.19. The number of rotatable bonds is 7. The number of ether oxygens (including phenoxy) is 1. The van der Waals surface area contributed by atoms with Crippen molar-refractivity contribution in [3.63, 3.8) is 0 Å². The first-order valence-electron chi connectivity index (χ1n) is 9.89. The van der Waals surface area contributed by atoms with Crippen molar-refractivity contribution >= 4 is 22.4 Å². The number of aryl methyl sites for hydroxylation is 1. The molecule has 2 aromatic heterocycles. The van der Waals surface area contributed by atoms with Crippen LogP contribution in [0, 0.1) is 6.92 Å². The standard InChI is InChI=1S/C22H25N3O3S.ClH/c1-17-5-7-18(8-6-17)19-16-29-22(23-19)25(21(26)20-4-2-13-28-20)10-3-9-24-11-14-27-15-12-24;/h2,4-8,13,16H,3,9-12,14-15H2,1H3;1H/p-1. The molecule has 30 heavy (non-hydrogen) atoms. The summed E-state index contributed by atoms with van der Waals surface area (Å²) in [5.41, 5.74) is 3.15. The van der Waals surface area contributed by atoms with Crippen LogP contribution in [0.1, 0.15) is 22.5 Å². The van der Waals surface area contributed by atoms with Gasteiger partial charge < -0.3 is 21.6 Å². The van der Waals surface area contributed by atoms with Crippen LogP contribution in [0.2, 0.25) is 0 Å². The number of hydrogen-bond acceptors (Lipinski definition) is 6. The summed E-state index contributed by atoms with van der Waals surface area (Å²) in [7, 11) is 0. The van der Waals surface area contributed by atoms with E-state index < -0.39 is 0 Å². The van der Waals surface area contributed by atoms with Gasteiger partial charge in [0.2, 0.25) is 0 Å². The molecule has 0 unspecified atom stereocenters. The summed E-state index contributed by atoms with van der Waals surface area (Å²) in [6, 6.07) is 11.7. The monoisotopic (exact) mass is 446 g/mol. The second-order valence-electron chi connectivity index (χ2n) is 7.12. The van der Waals surface area contributed by atoms with Gasteiger partial charge >= 0.3 is 0 Å². The molecule has 0 bridgehead atoms. The maximum atomic E-state index is 13.0. The van der Waals surface area contributed by atoms with Crippen LogP contribution in [0.15, 0.2) is 52.5 Å². The molecule has 3 heterocycles. The molecule has 0 spiro atoms. The minimum Gasteiger partial charge on any atom is -1.00 e. The van der Waals surface area contributed by atoms with Crippen molar-refractivity contribution in [1.29, 1.82) is 0 Å². The summed E-state index contributed by atoms with van der Waals surface area (Å²) in [5.74, 6) is 0.185. The first-order valence-corrected chi connectivity index (χ1v) is 10.8. The summed E-state index contributed by atoms with van der Waals surface area (Å²) in [6.45, 7) is 7.04. The maximum absolute atomic E-state index is 13.0. The SMILES string of the molecule is Cc1ccc(-c2csc(N(CCCN3CCOCC3)C(=O)c3ccco3)n2)cc1.[Cl-]. The number of amides is 1. The second kappa shape index (κ2) is 10.7. The molecule has 1 fully saturated rings. The van der Waals surface area contributed by atoms with Crippen LogP contribution in [0.25, 0.3) is 11.3 Å². The van der Waals surface area contributed by atoms with E-state index in [1.165, 1.54) is 23.2 Å². The van der Waals surface area contributed by atoms with Crippen molar-refractivity contribution in [3.05, 3.63) is 59.4 Å². The van der Waals surface area contributed by atoms with Crippen molar-refractivity contribution in [2.24, 2.45) is 0 Å². The molecule has 4 rings (SSSR count). The van der Waals surface area contributed by atoms with Crippen LogP contribution < -0.4 is 17.3 Å². The highest BCUT2D eigenvalue weighted by atomic mass is 35.5. The number of anilines is 1. The van der Waals surface area contributed by atoms with Gasteiger partial charge in [-0.25, -0.2) is 4.98 Å². The summed E-state index contributed by atoms with van der Waals surface area (Å²) in [5, 5.41) is 2.70. The Morgan fingerprint density at radius 2 is 1.97 bits per heavy atom. The lowest BCUT2D eigenvalue weighted by atomic mass is 10.1. The minimum absolute atomic E-state index is 0. The number of halogens is 1. The summed E-state index contributed by atoms with van der Waals surface area (Å²) >= 11 is 1.49. The van der Waals surface area contributed by atoms with Gasteiger partial charge in [-0.1, -0.05) is 29.8 Å². The Kier molecular flexibility index (Phi) is 8.04. The summed E-state index contributed by atoms with van der Waals surface area (Å²) < 4.78 is 10.8. The third-order valence-electron chi connectivity index (χ3n) is 5.01. The van der Waals surface area contributed by atoms with Gasteiger partial charge in [-0.3, -0.25) is 14.6 Å². The number of aromatic nitrogens is 1. The number of morpholine rings is 1. The van der Waals surface area contributed by atoms with Gasteiger partial charge in [0.05, 0.1) is 25.2 Å². The largest absolute Gasteiger partial charge is 1.00 e. The lowest BCUT2D eigenvalue weighted by molar-refractivity contribution is -0.0000149. The van der Waals surface area contributed by atoms with Crippen molar-refractivity contribution in [1.82, 2.24) is 9.88 Å². The van der Waals surface area contributed by atoms with Crippen LogP contribution in [0.4, 0.5) is 5.13 Å². The molecule has 1 aromatic carbocycles. The molecular formula is C22H25ClN3O3S-. The zero-order valence-electron chi connectivity index (χ0n) is 16.9. The molecule has 0 radical (unpaired) electrons. The average Bonchev–Trinajstić information content (AvgIpc) is 3.45. The summed E-state index contributed by atoms with van der Waals surface area (Å²) in [4.78, 5) is 21.9. The zero-order valence-corrected chi connectivity index (χ0v) is 18.5. The van der Waals surface area contributed by atoms with Crippen LogP contribution in [0.5, 0.6) is 0 Å². The Balaban J connectivity index is 0.00000256. The molecule has 6 nitrogen and oxygen atoms in total. The van der Waals surface area contributed by atoms with Crippen LogP contribution >= 0.6 is 11.3 Å². The average molecular weight is 447 g/mol. The lowest BCUT2D eigenvalue weighted by Crippen LogP contribution is -3.00. The third-order valence-corrected chi connectivity index (χ3v) is 5.87. The fourth-order valence-electron chi connectivity index (χ4n) is 3.34. The molecule has 0 N–H and O–H groups in total. The predicted molar refractivity (Wildman–Crippen MR) is 115 cm³/mol. The highest BCUT2D eigenvalue weighted by Crippen LogP contribution is 2.29. The lowest BCUT2D eigenvalue weighted by Gasteiger charge is -2.27. The third kappa shape index (κ3) is 5.49. The topological polar surface area (TPSA) is 58.8 Å². The number of carbonyl (C=O) groups excluding carboxylic acids is 1. The van der Waals surface area contributed by atoms with E-state index in [4.69, 9.17) is 14.1 Å². The van der Waals surface area contributed by atoms with Gasteiger partial charge in [0, 0.05) is 37.1 Å². The van der Waals surface area contributed by atoms with Crippen LogP contribution in [-0.4, -0.2) is 55.2 Å². The van der Waals surface area contributed by atoms with Crippen molar-refractivity contribution in [2.75, 3.05) is 44.3 Å². The Morgan fingerprint density at radius 3 is 2.67 bits per heavy atom. The van der Waals surface area contributed by atoms with Gasteiger partial charge in [-0.2, -0.15) is 0 Å². The minimum atomic E-state index is -0.151. The van der Waals surface area contributed by atoms with Gasteiger partial charge in [-0.05, 0) is 25.5 Å². The Bertz CT molecular complexity index is 922. The fourth-order valence-corrected chi connectivity index (χ4v) is 4.20. The number of carbonyl (C=O) groups is 1. The number of hydrogen-bond donors (Lipinski definition) is 0. The molecule has 3 aromatic rings. The first kappa shape index (κ1) is 22.5. The van der Waals surface area contributed by atoms with Crippen molar-refractivity contribution < 1.29 is 26.4 Å². The van der Waals surface area contributed by atoms with Crippen molar-refractivity contribution in [2.45, 2.75) is 13.3 Å². The smallest absolute Gasteiger partial charge is 0.295 e. The highest BCUT2D eigenvalue weighted by molar-refractivity contribution is 7.14. The van der Waals surface area contributed by atoms with E-state index in [2.05, 4.69) is 36.1 Å². The van der Waals surface area contributed by atoms with E-state index in [1.54, 1.807) is 17.0 Å². The van der Waals surface area contributed by atoms with E-state index >= 15 is 0 Å². The number of nitrogens with zero attached hydrogens (tertiary/aromatic N) is 3. The summed E-state index contributed by atoms with van der Waals surface area (Å²) in [6.07, 6.45) is 2.39. The molecule has 0 atom stereocenters. The molecule has 8 heteroatoms. The van der Waals surface area contributed by atoms with Gasteiger partial charge in [0.15, 0.2) is 10.9 Å². The molecule has 1 aliphatic rings. The predicted octanol–water partition coefficient (Wildman–Crippen LogP) is 1.08. The Morgan fingerprint density at radius 1 is 1.20 bits per heavy atom. The van der Waals surface area contributed by atoms with E-state index in [0.29, 0.717) is 17.4 Å². The molecule has 1 amide bonds. The molecule has 1 aliphatic heterocycles. The Labute approximate surface area is 186 Å². The number of furan rings is 1. The van der Waals surface area contributed by atoms with Crippen molar-refractivity contribution in [3.8, 4) is 11.3 Å². The molecule has 1 saturated heterocycles. The van der Waals surface area contributed by atoms with Gasteiger partial charge in [-0.15, -0.1) is 11.3 Å². The number of thiazole rings is 1. The van der Waals surface area contributed by atoms with Crippen LogP contribution in [0.3, 0.4) is 0 Å². The molecular weight excluding hydrogens is 422 g/mol. The van der Waals surface area contributed by atoms with E-state index in [1.807, 2.05) is 5.38 Å². The maximum Gasteiger partial charge on any atom is 0.295 e. The number of benzene rings is 1. The normalized spacial score (nSPS) is 14.3. The van der Waals surface area contributed by atoms with E-state index in [9.17, 15) is 4.79 Å². The fraction of sp³-hybridized carbons (Fsp3) is 0.364. The van der Waals surface area contributed by atoms with E-state index in [0.717, 1.165) is 50.5 Å². The molecule has 0 saturated carbocycles. The van der Waals surface area contributed by atoms with E-state index in [-0.39, 0.29) is 18.3 Å². The van der Waals surface area contributed by atoms with Gasteiger partial charge in [0.1, 0.15) is 0 Å². The zero-order chi connectivity index (χ0) is 20.1.